The fourth-order valence-corrected chi connectivity index (χ4v) is 5.42. The molecule has 1 aliphatic carbocycles. The van der Waals surface area contributed by atoms with Crippen LogP contribution < -0.4 is 0 Å². The third kappa shape index (κ3) is 4.80. The van der Waals surface area contributed by atoms with E-state index in [0.717, 1.165) is 61.0 Å². The molecule has 1 N–H and O–H groups in total. The van der Waals surface area contributed by atoms with Crippen molar-refractivity contribution in [2.75, 3.05) is 32.8 Å². The minimum Gasteiger partial charge on any atom is -0.366 e. The van der Waals surface area contributed by atoms with Gasteiger partial charge < -0.3 is 9.64 Å². The van der Waals surface area contributed by atoms with Crippen molar-refractivity contribution in [3.05, 3.63) is 51.2 Å². The predicted octanol–water partition coefficient (Wildman–Crippen LogP) is 4.15. The molecule has 5 rings (SSSR count). The Hall–Kier alpha value is -2.92. The standard InChI is InChI=1S/C27H30N4O2S/c1-18(2)33-12-4-5-23-14-22(17-34-23)26-25-15-21-13-20(6-7-24(21)27(25)29-28-26)16-30-8-10-31(11-9-30)19(3)32/h6-7,13-14,17-18H,8-12,15-16H2,1-3H3,(H,28,29). The van der Waals surface area contributed by atoms with Crippen molar-refractivity contribution in [2.45, 2.75) is 39.8 Å². The highest BCUT2D eigenvalue weighted by atomic mass is 32.1. The van der Waals surface area contributed by atoms with E-state index in [1.54, 1.807) is 18.3 Å². The zero-order valence-corrected chi connectivity index (χ0v) is 20.8. The lowest BCUT2D eigenvalue weighted by molar-refractivity contribution is -0.130. The van der Waals surface area contributed by atoms with Gasteiger partial charge in [-0.2, -0.15) is 5.10 Å². The number of aromatic nitrogens is 2. The van der Waals surface area contributed by atoms with Crippen LogP contribution in [0, 0.1) is 11.8 Å². The van der Waals surface area contributed by atoms with Gasteiger partial charge in [0.05, 0.1) is 22.4 Å². The molecule has 34 heavy (non-hydrogen) atoms. The van der Waals surface area contributed by atoms with E-state index in [4.69, 9.17) is 4.74 Å². The second-order valence-corrected chi connectivity index (χ2v) is 10.1. The summed E-state index contributed by atoms with van der Waals surface area (Å²) in [5.41, 5.74) is 8.47. The van der Waals surface area contributed by atoms with Gasteiger partial charge in [0.2, 0.25) is 5.91 Å². The molecule has 3 heterocycles. The topological polar surface area (TPSA) is 61.5 Å². The fourth-order valence-electron chi connectivity index (χ4n) is 4.66. The summed E-state index contributed by atoms with van der Waals surface area (Å²) in [7, 11) is 0. The Kier molecular flexibility index (Phi) is 6.55. The number of aromatic amines is 1. The van der Waals surface area contributed by atoms with Crippen LogP contribution in [0.4, 0.5) is 0 Å². The van der Waals surface area contributed by atoms with Crippen LogP contribution in [-0.4, -0.2) is 64.8 Å². The van der Waals surface area contributed by atoms with E-state index in [0.29, 0.717) is 6.61 Å². The molecular formula is C27H30N4O2S. The van der Waals surface area contributed by atoms with Crippen LogP contribution in [0.1, 0.15) is 42.3 Å². The lowest BCUT2D eigenvalue weighted by Gasteiger charge is -2.34. The monoisotopic (exact) mass is 474 g/mol. The average Bonchev–Trinajstić information content (AvgIpc) is 3.52. The molecule has 7 heteroatoms. The van der Waals surface area contributed by atoms with Crippen molar-refractivity contribution < 1.29 is 9.53 Å². The van der Waals surface area contributed by atoms with Crippen LogP contribution in [-0.2, 0) is 22.5 Å². The number of piperazine rings is 1. The first kappa shape index (κ1) is 22.9. The molecule has 0 saturated carbocycles. The summed E-state index contributed by atoms with van der Waals surface area (Å²) in [5, 5.41) is 10.1. The molecule has 1 fully saturated rings. The zero-order chi connectivity index (χ0) is 23.7. The minimum absolute atomic E-state index is 0.174. The maximum atomic E-state index is 11.6. The number of carbonyl (C=O) groups excluding carboxylic acids is 1. The van der Waals surface area contributed by atoms with Gasteiger partial charge in [0.15, 0.2) is 0 Å². The van der Waals surface area contributed by atoms with Gasteiger partial charge in [-0.25, -0.2) is 0 Å². The summed E-state index contributed by atoms with van der Waals surface area (Å²) in [6, 6.07) is 8.91. The first-order valence-electron chi connectivity index (χ1n) is 11.8. The molecular weight excluding hydrogens is 444 g/mol. The number of hydrogen-bond donors (Lipinski definition) is 1. The summed E-state index contributed by atoms with van der Waals surface area (Å²) in [4.78, 5) is 17.0. The summed E-state index contributed by atoms with van der Waals surface area (Å²) in [6.07, 6.45) is 1.08. The van der Waals surface area contributed by atoms with Gasteiger partial charge in [0, 0.05) is 68.1 Å². The number of fused-ring (bicyclic) bond motifs is 3. The van der Waals surface area contributed by atoms with Crippen LogP contribution in [0.2, 0.25) is 0 Å². The molecule has 2 aromatic heterocycles. The Morgan fingerprint density at radius 1 is 1.24 bits per heavy atom. The Balaban J connectivity index is 1.27. The van der Waals surface area contributed by atoms with E-state index in [1.807, 2.05) is 18.7 Å². The van der Waals surface area contributed by atoms with Crippen molar-refractivity contribution in [1.82, 2.24) is 20.0 Å². The summed E-state index contributed by atoms with van der Waals surface area (Å²) >= 11 is 1.65. The quantitative estimate of drug-likeness (QED) is 0.442. The van der Waals surface area contributed by atoms with Crippen molar-refractivity contribution in [3.8, 4) is 34.4 Å². The third-order valence-corrected chi connectivity index (χ3v) is 7.32. The highest BCUT2D eigenvalue weighted by Crippen LogP contribution is 2.41. The zero-order valence-electron chi connectivity index (χ0n) is 20.0. The number of amides is 1. The molecule has 176 valence electrons. The summed E-state index contributed by atoms with van der Waals surface area (Å²) in [6.45, 7) is 10.5. The Labute approximate surface area is 204 Å². The van der Waals surface area contributed by atoms with Gasteiger partial charge in [0.25, 0.3) is 0 Å². The van der Waals surface area contributed by atoms with E-state index in [1.165, 1.54) is 22.3 Å². The number of nitrogens with zero attached hydrogens (tertiary/aromatic N) is 3. The highest BCUT2D eigenvalue weighted by molar-refractivity contribution is 7.11. The van der Waals surface area contributed by atoms with Crippen molar-refractivity contribution >= 4 is 17.2 Å². The maximum Gasteiger partial charge on any atom is 0.219 e. The first-order chi connectivity index (χ1) is 16.5. The number of nitrogens with one attached hydrogen (secondary N) is 1. The fraction of sp³-hybridized carbons (Fsp3) is 0.407. The molecule has 0 spiro atoms. The number of carbonyl (C=O) groups is 1. The maximum absolute atomic E-state index is 11.6. The third-order valence-electron chi connectivity index (χ3n) is 6.47. The molecule has 3 aromatic rings. The Bertz CT molecular complexity index is 1260. The van der Waals surface area contributed by atoms with Gasteiger partial charge in [-0.05, 0) is 31.0 Å². The molecule has 1 saturated heterocycles. The van der Waals surface area contributed by atoms with E-state index < -0.39 is 0 Å². The highest BCUT2D eigenvalue weighted by Gasteiger charge is 2.26. The minimum atomic E-state index is 0.174. The molecule has 1 aliphatic heterocycles. The lowest BCUT2D eigenvalue weighted by Crippen LogP contribution is -2.47. The summed E-state index contributed by atoms with van der Waals surface area (Å²) < 4.78 is 5.51. The molecule has 0 radical (unpaired) electrons. The smallest absolute Gasteiger partial charge is 0.219 e. The van der Waals surface area contributed by atoms with Gasteiger partial charge in [-0.15, -0.1) is 11.3 Å². The number of thiophene rings is 1. The SMILES string of the molecule is CC(=O)N1CCN(Cc2ccc3c(c2)Cc2c(-c4csc(C#CCOC(C)C)c4)n[nH]c2-3)CC1. The van der Waals surface area contributed by atoms with Crippen molar-refractivity contribution in [3.63, 3.8) is 0 Å². The number of hydrogen-bond acceptors (Lipinski definition) is 5. The molecule has 1 aromatic carbocycles. The first-order valence-corrected chi connectivity index (χ1v) is 12.7. The van der Waals surface area contributed by atoms with E-state index in [-0.39, 0.29) is 12.0 Å². The molecule has 0 bridgehead atoms. The van der Waals surface area contributed by atoms with E-state index in [2.05, 4.69) is 56.6 Å². The number of H-pyrrole nitrogens is 1. The molecule has 0 atom stereocenters. The van der Waals surface area contributed by atoms with Crippen molar-refractivity contribution in [2.24, 2.45) is 0 Å². The predicted molar refractivity (Wildman–Crippen MR) is 136 cm³/mol. The van der Waals surface area contributed by atoms with Gasteiger partial charge in [0.1, 0.15) is 6.61 Å². The Morgan fingerprint density at radius 3 is 2.82 bits per heavy atom. The van der Waals surface area contributed by atoms with Gasteiger partial charge >= 0.3 is 0 Å². The van der Waals surface area contributed by atoms with E-state index >= 15 is 0 Å². The van der Waals surface area contributed by atoms with Crippen molar-refractivity contribution in [1.29, 1.82) is 0 Å². The normalized spacial score (nSPS) is 15.2. The second-order valence-electron chi connectivity index (χ2n) is 9.24. The number of ether oxygens (including phenoxy) is 1. The van der Waals surface area contributed by atoms with Crippen LogP contribution in [0.25, 0.3) is 22.5 Å². The second kappa shape index (κ2) is 9.75. The average molecular weight is 475 g/mol. The van der Waals surface area contributed by atoms with Gasteiger partial charge in [-0.3, -0.25) is 14.8 Å². The van der Waals surface area contributed by atoms with Crippen LogP contribution in [0.15, 0.2) is 29.6 Å². The van der Waals surface area contributed by atoms with Gasteiger partial charge in [-0.1, -0.05) is 30.0 Å². The van der Waals surface area contributed by atoms with E-state index in [9.17, 15) is 4.79 Å². The molecule has 1 amide bonds. The number of benzene rings is 1. The number of rotatable bonds is 5. The molecule has 0 unspecified atom stereocenters. The largest absolute Gasteiger partial charge is 0.366 e. The lowest BCUT2D eigenvalue weighted by atomic mass is 10.0. The molecule has 2 aliphatic rings. The molecule has 6 nitrogen and oxygen atoms in total. The van der Waals surface area contributed by atoms with Crippen LogP contribution in [0.5, 0.6) is 0 Å². The summed E-state index contributed by atoms with van der Waals surface area (Å²) in [5.74, 6) is 6.47. The van der Waals surface area contributed by atoms with Crippen LogP contribution >= 0.6 is 11.3 Å². The Morgan fingerprint density at radius 2 is 2.06 bits per heavy atom. The van der Waals surface area contributed by atoms with Crippen LogP contribution in [0.3, 0.4) is 0 Å².